The highest BCUT2D eigenvalue weighted by Crippen LogP contribution is 2.21. The number of aliphatic hydroxyl groups is 1. The molecule has 3 rings (SSSR count). The normalized spacial score (nSPS) is 15.8. The van der Waals surface area contributed by atoms with Crippen molar-refractivity contribution in [1.82, 2.24) is 20.0 Å². The molecule has 1 aromatic heterocycles. The number of methoxy groups -OCH3 is 1. The van der Waals surface area contributed by atoms with Gasteiger partial charge in [0.1, 0.15) is 0 Å². The molecule has 1 aliphatic heterocycles. The van der Waals surface area contributed by atoms with E-state index in [0.717, 1.165) is 36.6 Å². The fraction of sp³-hybridized carbons (Fsp3) is 0.526. The lowest BCUT2D eigenvalue weighted by Crippen LogP contribution is -2.40. The van der Waals surface area contributed by atoms with E-state index < -0.39 is 6.10 Å². The van der Waals surface area contributed by atoms with Crippen LogP contribution in [0.15, 0.2) is 24.3 Å². The molecule has 0 amide bonds. The molecule has 136 valence electrons. The van der Waals surface area contributed by atoms with Crippen molar-refractivity contribution in [3.05, 3.63) is 46.6 Å². The van der Waals surface area contributed by atoms with Crippen molar-refractivity contribution in [2.75, 3.05) is 26.7 Å². The SMILES string of the molecule is COc1c(CNC[C@H](O)CN2CCc3ccccc3C2)c(C)nn1C. The van der Waals surface area contributed by atoms with Crippen molar-refractivity contribution in [3.8, 4) is 5.88 Å². The maximum absolute atomic E-state index is 10.4. The number of nitrogens with zero attached hydrogens (tertiary/aromatic N) is 3. The van der Waals surface area contributed by atoms with Gasteiger partial charge in [0.05, 0.1) is 24.5 Å². The van der Waals surface area contributed by atoms with Crippen LogP contribution in [0.2, 0.25) is 0 Å². The average Bonchev–Trinajstić information content (AvgIpc) is 2.87. The Morgan fingerprint density at radius 2 is 2.08 bits per heavy atom. The highest BCUT2D eigenvalue weighted by Gasteiger charge is 2.19. The first-order valence-electron chi connectivity index (χ1n) is 8.83. The van der Waals surface area contributed by atoms with Gasteiger partial charge in [-0.05, 0) is 24.5 Å². The van der Waals surface area contributed by atoms with E-state index in [2.05, 4.69) is 39.6 Å². The fourth-order valence-electron chi connectivity index (χ4n) is 3.58. The van der Waals surface area contributed by atoms with Gasteiger partial charge < -0.3 is 15.2 Å². The Morgan fingerprint density at radius 1 is 1.32 bits per heavy atom. The second-order valence-corrected chi connectivity index (χ2v) is 6.74. The lowest BCUT2D eigenvalue weighted by Gasteiger charge is -2.30. The second kappa shape index (κ2) is 7.99. The molecule has 0 saturated carbocycles. The number of rotatable bonds is 7. The number of ether oxygens (including phenoxy) is 1. The maximum atomic E-state index is 10.4. The summed E-state index contributed by atoms with van der Waals surface area (Å²) in [5, 5.41) is 18.1. The van der Waals surface area contributed by atoms with Crippen molar-refractivity contribution >= 4 is 0 Å². The molecule has 6 nitrogen and oxygen atoms in total. The van der Waals surface area contributed by atoms with Crippen LogP contribution in [0.5, 0.6) is 5.88 Å². The topological polar surface area (TPSA) is 62.5 Å². The molecule has 0 fully saturated rings. The number of aliphatic hydroxyl groups excluding tert-OH is 1. The van der Waals surface area contributed by atoms with Crippen molar-refractivity contribution in [3.63, 3.8) is 0 Å². The van der Waals surface area contributed by atoms with Gasteiger partial charge in [0.2, 0.25) is 5.88 Å². The number of nitrogens with one attached hydrogen (secondary N) is 1. The van der Waals surface area contributed by atoms with E-state index >= 15 is 0 Å². The van der Waals surface area contributed by atoms with Crippen LogP contribution in [0.25, 0.3) is 0 Å². The Kier molecular flexibility index (Phi) is 5.73. The summed E-state index contributed by atoms with van der Waals surface area (Å²) in [6.07, 6.45) is 0.663. The van der Waals surface area contributed by atoms with Gasteiger partial charge in [-0.15, -0.1) is 0 Å². The summed E-state index contributed by atoms with van der Waals surface area (Å²) in [6, 6.07) is 8.57. The molecule has 1 atom stereocenters. The number of aromatic nitrogens is 2. The summed E-state index contributed by atoms with van der Waals surface area (Å²) in [5.41, 5.74) is 4.81. The minimum Gasteiger partial charge on any atom is -0.481 e. The monoisotopic (exact) mass is 344 g/mol. The molecule has 6 heteroatoms. The molecule has 0 spiro atoms. The van der Waals surface area contributed by atoms with E-state index in [9.17, 15) is 5.11 Å². The summed E-state index contributed by atoms with van der Waals surface area (Å²) < 4.78 is 7.14. The Labute approximate surface area is 149 Å². The third-order valence-corrected chi connectivity index (χ3v) is 4.84. The van der Waals surface area contributed by atoms with Gasteiger partial charge in [0.25, 0.3) is 0 Å². The van der Waals surface area contributed by atoms with Crippen LogP contribution in [-0.2, 0) is 26.6 Å². The van der Waals surface area contributed by atoms with Crippen LogP contribution in [0.1, 0.15) is 22.4 Å². The number of β-amino-alcohol motifs (C(OH)–C–C–N with tert-alkyl or cyclic N) is 1. The molecule has 25 heavy (non-hydrogen) atoms. The van der Waals surface area contributed by atoms with Gasteiger partial charge in [0, 0.05) is 39.8 Å². The predicted molar refractivity (Wildman–Crippen MR) is 97.6 cm³/mol. The quantitative estimate of drug-likeness (QED) is 0.791. The Morgan fingerprint density at radius 3 is 2.84 bits per heavy atom. The minimum absolute atomic E-state index is 0.395. The number of fused-ring (bicyclic) bond motifs is 1. The predicted octanol–water partition coefficient (Wildman–Crippen LogP) is 1.25. The zero-order valence-electron chi connectivity index (χ0n) is 15.3. The molecule has 0 unspecified atom stereocenters. The lowest BCUT2D eigenvalue weighted by molar-refractivity contribution is 0.104. The van der Waals surface area contributed by atoms with Crippen LogP contribution in [0, 0.1) is 6.92 Å². The van der Waals surface area contributed by atoms with Gasteiger partial charge >= 0.3 is 0 Å². The summed E-state index contributed by atoms with van der Waals surface area (Å²) in [7, 11) is 3.53. The highest BCUT2D eigenvalue weighted by atomic mass is 16.5. The molecular weight excluding hydrogens is 316 g/mol. The molecular formula is C19H28N4O2. The van der Waals surface area contributed by atoms with Crippen LogP contribution in [0.4, 0.5) is 0 Å². The number of hydrogen-bond acceptors (Lipinski definition) is 5. The van der Waals surface area contributed by atoms with E-state index in [1.807, 2.05) is 14.0 Å². The van der Waals surface area contributed by atoms with Gasteiger partial charge in [-0.3, -0.25) is 4.90 Å². The Bertz CT molecular complexity index is 713. The largest absolute Gasteiger partial charge is 0.481 e. The Balaban J connectivity index is 1.47. The maximum Gasteiger partial charge on any atom is 0.216 e. The van der Waals surface area contributed by atoms with Crippen LogP contribution >= 0.6 is 0 Å². The smallest absolute Gasteiger partial charge is 0.216 e. The van der Waals surface area contributed by atoms with Crippen molar-refractivity contribution in [2.45, 2.75) is 32.5 Å². The molecule has 0 bridgehead atoms. The number of aryl methyl sites for hydroxylation is 2. The molecule has 1 aromatic carbocycles. The molecule has 0 aliphatic carbocycles. The first kappa shape index (κ1) is 17.9. The lowest BCUT2D eigenvalue weighted by atomic mass is 10.00. The van der Waals surface area contributed by atoms with E-state index in [1.165, 1.54) is 11.1 Å². The first-order valence-corrected chi connectivity index (χ1v) is 8.83. The molecule has 1 aliphatic rings. The first-order chi connectivity index (χ1) is 12.1. The summed E-state index contributed by atoms with van der Waals surface area (Å²) in [5.74, 6) is 0.770. The van der Waals surface area contributed by atoms with Crippen molar-refractivity contribution in [1.29, 1.82) is 0 Å². The van der Waals surface area contributed by atoms with E-state index in [0.29, 0.717) is 19.6 Å². The van der Waals surface area contributed by atoms with E-state index in [1.54, 1.807) is 11.8 Å². The average molecular weight is 344 g/mol. The van der Waals surface area contributed by atoms with Gasteiger partial charge in [0.15, 0.2) is 0 Å². The molecule has 0 saturated heterocycles. The zero-order valence-corrected chi connectivity index (χ0v) is 15.3. The zero-order chi connectivity index (χ0) is 17.8. The third kappa shape index (κ3) is 4.21. The summed E-state index contributed by atoms with van der Waals surface area (Å²) in [4.78, 5) is 2.32. The summed E-state index contributed by atoms with van der Waals surface area (Å²) >= 11 is 0. The van der Waals surface area contributed by atoms with Crippen LogP contribution in [-0.4, -0.2) is 52.6 Å². The molecule has 2 aromatic rings. The summed E-state index contributed by atoms with van der Waals surface area (Å²) in [6.45, 7) is 5.77. The fourth-order valence-corrected chi connectivity index (χ4v) is 3.58. The van der Waals surface area contributed by atoms with E-state index in [4.69, 9.17) is 4.74 Å². The molecule has 2 N–H and O–H groups in total. The molecule has 0 radical (unpaired) electrons. The van der Waals surface area contributed by atoms with Crippen molar-refractivity contribution < 1.29 is 9.84 Å². The van der Waals surface area contributed by atoms with Crippen molar-refractivity contribution in [2.24, 2.45) is 7.05 Å². The third-order valence-electron chi connectivity index (χ3n) is 4.84. The van der Waals surface area contributed by atoms with E-state index in [-0.39, 0.29) is 0 Å². The highest BCUT2D eigenvalue weighted by molar-refractivity contribution is 5.31. The van der Waals surface area contributed by atoms with Crippen LogP contribution in [0.3, 0.4) is 0 Å². The minimum atomic E-state index is -0.395. The number of hydrogen-bond donors (Lipinski definition) is 2. The van der Waals surface area contributed by atoms with Gasteiger partial charge in [-0.1, -0.05) is 24.3 Å². The van der Waals surface area contributed by atoms with Gasteiger partial charge in [-0.25, -0.2) is 4.68 Å². The Hall–Kier alpha value is -1.89. The molecule has 2 heterocycles. The van der Waals surface area contributed by atoms with Gasteiger partial charge in [-0.2, -0.15) is 5.10 Å². The second-order valence-electron chi connectivity index (χ2n) is 6.74. The van der Waals surface area contributed by atoms with Crippen LogP contribution < -0.4 is 10.1 Å². The number of benzene rings is 1. The standard InChI is InChI=1S/C19H28N4O2/c1-14-18(19(25-3)22(2)21-14)11-20-10-17(24)13-23-9-8-15-6-4-5-7-16(15)12-23/h4-7,17,20,24H,8-13H2,1-3H3/t17-/m0/s1.